The predicted molar refractivity (Wildman–Crippen MR) is 110 cm³/mol. The molecule has 4 aromatic carbocycles. The molecule has 0 aliphatic rings. The molecule has 0 N–H and O–H groups in total. The van der Waals surface area contributed by atoms with Gasteiger partial charge in [0.05, 0.1) is 0 Å². The minimum absolute atomic E-state index is 0.735. The molecule has 2 aromatic heterocycles. The molecule has 6 aromatic rings. The Bertz CT molecular complexity index is 1470. The third kappa shape index (κ3) is 2.09. The number of rotatable bonds is 1. The normalized spacial score (nSPS) is 11.7. The SMILES string of the molecule is c1ccc2cc3c(cc2c1)oc1c(-c2cccc4ccccc24)ncnc13. The van der Waals surface area contributed by atoms with Crippen LogP contribution in [0.3, 0.4) is 0 Å². The van der Waals surface area contributed by atoms with Crippen LogP contribution >= 0.6 is 0 Å². The maximum Gasteiger partial charge on any atom is 0.180 e. The fourth-order valence-corrected chi connectivity index (χ4v) is 3.88. The number of hydrogen-bond acceptors (Lipinski definition) is 3. The topological polar surface area (TPSA) is 38.9 Å². The van der Waals surface area contributed by atoms with Crippen molar-refractivity contribution in [3.05, 3.63) is 85.2 Å². The highest BCUT2D eigenvalue weighted by molar-refractivity contribution is 6.12. The minimum atomic E-state index is 0.735. The Hall–Kier alpha value is -3.72. The molecule has 2 heterocycles. The fraction of sp³-hybridized carbons (Fsp3) is 0. The fourth-order valence-electron chi connectivity index (χ4n) is 3.88. The van der Waals surface area contributed by atoms with Gasteiger partial charge in [-0.2, -0.15) is 0 Å². The molecule has 0 aliphatic carbocycles. The third-order valence-corrected chi connectivity index (χ3v) is 5.16. The monoisotopic (exact) mass is 346 g/mol. The summed E-state index contributed by atoms with van der Waals surface area (Å²) in [7, 11) is 0. The van der Waals surface area contributed by atoms with Gasteiger partial charge < -0.3 is 4.42 Å². The molecule has 3 heteroatoms. The van der Waals surface area contributed by atoms with Crippen molar-refractivity contribution in [2.24, 2.45) is 0 Å². The van der Waals surface area contributed by atoms with Crippen molar-refractivity contribution in [2.45, 2.75) is 0 Å². The molecule has 0 saturated heterocycles. The van der Waals surface area contributed by atoms with Crippen LogP contribution in [0.1, 0.15) is 0 Å². The lowest BCUT2D eigenvalue weighted by molar-refractivity contribution is 0.667. The van der Waals surface area contributed by atoms with Gasteiger partial charge in [0.15, 0.2) is 5.58 Å². The van der Waals surface area contributed by atoms with E-state index in [0.717, 1.165) is 44.1 Å². The lowest BCUT2D eigenvalue weighted by Gasteiger charge is -2.06. The summed E-state index contributed by atoms with van der Waals surface area (Å²) in [5, 5.41) is 5.70. The van der Waals surface area contributed by atoms with Gasteiger partial charge in [-0.1, -0.05) is 66.7 Å². The summed E-state index contributed by atoms with van der Waals surface area (Å²) in [6.45, 7) is 0. The van der Waals surface area contributed by atoms with Crippen molar-refractivity contribution in [3.8, 4) is 11.3 Å². The van der Waals surface area contributed by atoms with E-state index in [4.69, 9.17) is 4.42 Å². The van der Waals surface area contributed by atoms with Crippen molar-refractivity contribution in [3.63, 3.8) is 0 Å². The molecular weight excluding hydrogens is 332 g/mol. The zero-order valence-electron chi connectivity index (χ0n) is 14.4. The van der Waals surface area contributed by atoms with E-state index in [1.165, 1.54) is 10.8 Å². The first kappa shape index (κ1) is 14.4. The molecule has 6 rings (SSSR count). The number of fused-ring (bicyclic) bond motifs is 5. The van der Waals surface area contributed by atoms with E-state index in [0.29, 0.717) is 0 Å². The van der Waals surface area contributed by atoms with Crippen LogP contribution in [0.15, 0.2) is 89.6 Å². The van der Waals surface area contributed by atoms with E-state index in [1.54, 1.807) is 6.33 Å². The van der Waals surface area contributed by atoms with Crippen molar-refractivity contribution < 1.29 is 4.42 Å². The van der Waals surface area contributed by atoms with E-state index in [-0.39, 0.29) is 0 Å². The Labute approximate surface area is 154 Å². The average Bonchev–Trinajstić information content (AvgIpc) is 3.09. The molecule has 0 bridgehead atoms. The Morgan fingerprint density at radius 2 is 1.37 bits per heavy atom. The maximum atomic E-state index is 6.27. The minimum Gasteiger partial charge on any atom is -0.452 e. The largest absolute Gasteiger partial charge is 0.452 e. The zero-order chi connectivity index (χ0) is 17.8. The van der Waals surface area contributed by atoms with Crippen LogP contribution in [0, 0.1) is 0 Å². The van der Waals surface area contributed by atoms with Crippen LogP contribution in [0.5, 0.6) is 0 Å². The number of aromatic nitrogens is 2. The number of furan rings is 1. The molecule has 0 amide bonds. The summed E-state index contributed by atoms with van der Waals surface area (Å²) >= 11 is 0. The van der Waals surface area contributed by atoms with Gasteiger partial charge in [-0.05, 0) is 33.7 Å². The first-order valence-corrected chi connectivity index (χ1v) is 8.93. The first-order valence-electron chi connectivity index (χ1n) is 8.93. The summed E-state index contributed by atoms with van der Waals surface area (Å²) in [5.41, 5.74) is 4.32. The van der Waals surface area contributed by atoms with Gasteiger partial charge in [-0.15, -0.1) is 0 Å². The second-order valence-corrected chi connectivity index (χ2v) is 6.72. The average molecular weight is 346 g/mol. The molecule has 0 saturated carbocycles. The summed E-state index contributed by atoms with van der Waals surface area (Å²) in [5.74, 6) is 0. The summed E-state index contributed by atoms with van der Waals surface area (Å²) < 4.78 is 6.27. The smallest absolute Gasteiger partial charge is 0.180 e. The number of hydrogen-bond donors (Lipinski definition) is 0. The predicted octanol–water partition coefficient (Wildman–Crippen LogP) is 6.35. The van der Waals surface area contributed by atoms with Crippen LogP contribution in [0.25, 0.3) is 54.9 Å². The third-order valence-electron chi connectivity index (χ3n) is 5.16. The zero-order valence-corrected chi connectivity index (χ0v) is 14.4. The van der Waals surface area contributed by atoms with Crippen LogP contribution < -0.4 is 0 Å². The Balaban J connectivity index is 1.74. The molecule has 3 nitrogen and oxygen atoms in total. The Kier molecular flexibility index (Phi) is 2.88. The molecule has 0 spiro atoms. The highest BCUT2D eigenvalue weighted by Gasteiger charge is 2.16. The van der Waals surface area contributed by atoms with Crippen LogP contribution in [-0.2, 0) is 0 Å². The quantitative estimate of drug-likeness (QED) is 0.348. The summed E-state index contributed by atoms with van der Waals surface area (Å²) in [6, 6.07) is 27.1. The summed E-state index contributed by atoms with van der Waals surface area (Å²) in [6.07, 6.45) is 1.63. The molecule has 27 heavy (non-hydrogen) atoms. The van der Waals surface area contributed by atoms with Gasteiger partial charge in [0, 0.05) is 10.9 Å². The highest BCUT2D eigenvalue weighted by atomic mass is 16.3. The van der Waals surface area contributed by atoms with Gasteiger partial charge in [-0.25, -0.2) is 9.97 Å². The van der Waals surface area contributed by atoms with E-state index in [9.17, 15) is 0 Å². The van der Waals surface area contributed by atoms with Crippen molar-refractivity contribution in [1.82, 2.24) is 9.97 Å². The van der Waals surface area contributed by atoms with Gasteiger partial charge in [0.2, 0.25) is 0 Å². The molecule has 0 unspecified atom stereocenters. The van der Waals surface area contributed by atoms with Crippen molar-refractivity contribution in [1.29, 1.82) is 0 Å². The highest BCUT2D eigenvalue weighted by Crippen LogP contribution is 2.37. The second kappa shape index (κ2) is 5.39. The molecule has 0 aliphatic heterocycles. The molecule has 0 fully saturated rings. The maximum absolute atomic E-state index is 6.27. The number of benzene rings is 4. The van der Waals surface area contributed by atoms with E-state index < -0.39 is 0 Å². The van der Waals surface area contributed by atoms with Crippen molar-refractivity contribution in [2.75, 3.05) is 0 Å². The second-order valence-electron chi connectivity index (χ2n) is 6.72. The van der Waals surface area contributed by atoms with E-state index in [2.05, 4.69) is 76.7 Å². The van der Waals surface area contributed by atoms with Crippen LogP contribution in [0.4, 0.5) is 0 Å². The van der Waals surface area contributed by atoms with Gasteiger partial charge in [-0.3, -0.25) is 0 Å². The van der Waals surface area contributed by atoms with Gasteiger partial charge in [0.1, 0.15) is 23.1 Å². The standard InChI is InChI=1S/C24H14N2O/c1-2-8-17-13-21-20(12-16(17)7-1)23-24(27-21)22(25-14-26-23)19-11-5-9-15-6-3-4-10-18(15)19/h1-14H. The van der Waals surface area contributed by atoms with Gasteiger partial charge >= 0.3 is 0 Å². The number of nitrogens with zero attached hydrogens (tertiary/aromatic N) is 2. The lowest BCUT2D eigenvalue weighted by Crippen LogP contribution is -1.88. The van der Waals surface area contributed by atoms with E-state index in [1.807, 2.05) is 12.1 Å². The molecular formula is C24H14N2O. The van der Waals surface area contributed by atoms with Crippen LogP contribution in [-0.4, -0.2) is 9.97 Å². The Morgan fingerprint density at radius 1 is 0.630 bits per heavy atom. The van der Waals surface area contributed by atoms with Gasteiger partial charge in [0.25, 0.3) is 0 Å². The molecule has 0 atom stereocenters. The van der Waals surface area contributed by atoms with Crippen LogP contribution in [0.2, 0.25) is 0 Å². The Morgan fingerprint density at radius 3 is 2.26 bits per heavy atom. The lowest BCUT2D eigenvalue weighted by atomic mass is 10.0. The summed E-state index contributed by atoms with van der Waals surface area (Å²) in [4.78, 5) is 9.12. The first-order chi connectivity index (χ1) is 13.4. The molecule has 0 radical (unpaired) electrons. The molecule has 126 valence electrons. The van der Waals surface area contributed by atoms with E-state index >= 15 is 0 Å². The van der Waals surface area contributed by atoms with Crippen molar-refractivity contribution >= 4 is 43.6 Å².